The van der Waals surface area contributed by atoms with Crippen molar-refractivity contribution in [3.8, 4) is 0 Å². The van der Waals surface area contributed by atoms with Gasteiger partial charge in [0.25, 0.3) is 0 Å². The quantitative estimate of drug-likeness (QED) is 0.713. The molecular weight excluding hydrogens is 180 g/mol. The molecule has 0 spiro atoms. The molecule has 0 aliphatic heterocycles. The summed E-state index contributed by atoms with van der Waals surface area (Å²) < 4.78 is 0. The average molecular weight is 192 g/mol. The van der Waals surface area contributed by atoms with Crippen LogP contribution in [0.2, 0.25) is 0 Å². The minimum atomic E-state index is -0.0000435. The van der Waals surface area contributed by atoms with Crippen molar-refractivity contribution < 1.29 is 4.79 Å². The van der Waals surface area contributed by atoms with Gasteiger partial charge in [0.15, 0.2) is 0 Å². The lowest BCUT2D eigenvalue weighted by Crippen LogP contribution is -2.31. The minimum absolute atomic E-state index is 0.0000435. The highest BCUT2D eigenvalue weighted by Gasteiger charge is 2.22. The molecule has 1 aliphatic rings. The number of aromatic nitrogens is 2. The molecule has 1 saturated carbocycles. The summed E-state index contributed by atoms with van der Waals surface area (Å²) in [5, 5.41) is 5.71. The Balaban J connectivity index is 1.73. The Morgan fingerprint density at radius 3 is 2.79 bits per heavy atom. The fraction of sp³-hybridized carbons (Fsp3) is 0.444. The standard InChI is InChI=1S/C9H12N4O/c14-8(13-7-2-3-7)6-12-9-10-4-1-5-11-9/h1,4-5,7H,2-3,6H2,(H,13,14)(H,10,11,12). The van der Waals surface area contributed by atoms with Gasteiger partial charge >= 0.3 is 0 Å². The lowest BCUT2D eigenvalue weighted by Gasteiger charge is -2.04. The molecule has 0 aromatic carbocycles. The number of nitrogens with zero attached hydrogens (tertiary/aromatic N) is 2. The van der Waals surface area contributed by atoms with Crippen LogP contribution in [0.3, 0.4) is 0 Å². The molecule has 0 unspecified atom stereocenters. The number of hydrogen-bond acceptors (Lipinski definition) is 4. The number of amides is 1. The molecule has 5 heteroatoms. The maximum Gasteiger partial charge on any atom is 0.239 e. The molecule has 1 heterocycles. The van der Waals surface area contributed by atoms with Crippen LogP contribution in [0.15, 0.2) is 18.5 Å². The van der Waals surface area contributed by atoms with Gasteiger partial charge in [0.1, 0.15) is 0 Å². The van der Waals surface area contributed by atoms with Gasteiger partial charge in [-0.3, -0.25) is 4.79 Å². The summed E-state index contributed by atoms with van der Waals surface area (Å²) >= 11 is 0. The van der Waals surface area contributed by atoms with E-state index >= 15 is 0 Å². The van der Waals surface area contributed by atoms with Crippen LogP contribution < -0.4 is 10.6 Å². The van der Waals surface area contributed by atoms with Gasteiger partial charge in [-0.1, -0.05) is 0 Å². The smallest absolute Gasteiger partial charge is 0.239 e. The van der Waals surface area contributed by atoms with Gasteiger partial charge in [-0.15, -0.1) is 0 Å². The number of nitrogens with one attached hydrogen (secondary N) is 2. The van der Waals surface area contributed by atoms with Gasteiger partial charge in [-0.25, -0.2) is 9.97 Å². The van der Waals surface area contributed by atoms with E-state index in [1.165, 1.54) is 0 Å². The van der Waals surface area contributed by atoms with Gasteiger partial charge in [-0.05, 0) is 18.9 Å². The predicted octanol–water partition coefficient (Wildman–Crippen LogP) is 0.167. The summed E-state index contributed by atoms with van der Waals surface area (Å²) in [4.78, 5) is 19.1. The van der Waals surface area contributed by atoms with Crippen LogP contribution >= 0.6 is 0 Å². The Labute approximate surface area is 82.0 Å². The average Bonchev–Trinajstić information content (AvgIpc) is 3.00. The van der Waals surface area contributed by atoms with Crippen molar-refractivity contribution in [1.82, 2.24) is 15.3 Å². The number of carbonyl (C=O) groups is 1. The van der Waals surface area contributed by atoms with E-state index in [1.807, 2.05) is 0 Å². The number of rotatable bonds is 4. The molecule has 2 rings (SSSR count). The lowest BCUT2D eigenvalue weighted by atomic mass is 10.5. The SMILES string of the molecule is O=C(CNc1ncccn1)NC1CC1. The fourth-order valence-electron chi connectivity index (χ4n) is 1.06. The van der Waals surface area contributed by atoms with Crippen LogP contribution in [0.25, 0.3) is 0 Å². The lowest BCUT2D eigenvalue weighted by molar-refractivity contribution is -0.119. The van der Waals surface area contributed by atoms with Crippen molar-refractivity contribution in [2.45, 2.75) is 18.9 Å². The van der Waals surface area contributed by atoms with Crippen molar-refractivity contribution in [2.24, 2.45) is 0 Å². The van der Waals surface area contributed by atoms with Crippen LogP contribution in [0.1, 0.15) is 12.8 Å². The number of anilines is 1. The van der Waals surface area contributed by atoms with Crippen molar-refractivity contribution in [1.29, 1.82) is 0 Å². The molecule has 14 heavy (non-hydrogen) atoms. The fourth-order valence-corrected chi connectivity index (χ4v) is 1.06. The minimum Gasteiger partial charge on any atom is -0.352 e. The van der Waals surface area contributed by atoms with Gasteiger partial charge in [0.2, 0.25) is 11.9 Å². The van der Waals surface area contributed by atoms with Crippen molar-refractivity contribution >= 4 is 11.9 Å². The van der Waals surface area contributed by atoms with Gasteiger partial charge in [-0.2, -0.15) is 0 Å². The summed E-state index contributed by atoms with van der Waals surface area (Å²) in [6.45, 7) is 0.237. The first-order valence-electron chi connectivity index (χ1n) is 4.65. The van der Waals surface area contributed by atoms with E-state index in [0.29, 0.717) is 12.0 Å². The van der Waals surface area contributed by atoms with E-state index in [-0.39, 0.29) is 12.5 Å². The molecule has 0 bridgehead atoms. The summed E-state index contributed by atoms with van der Waals surface area (Å²) in [6, 6.07) is 2.14. The summed E-state index contributed by atoms with van der Waals surface area (Å²) in [5.74, 6) is 0.485. The molecule has 1 aromatic heterocycles. The second kappa shape index (κ2) is 4.04. The van der Waals surface area contributed by atoms with E-state index in [0.717, 1.165) is 12.8 Å². The van der Waals surface area contributed by atoms with Crippen LogP contribution in [0, 0.1) is 0 Å². The summed E-state index contributed by atoms with van der Waals surface area (Å²) in [6.07, 6.45) is 5.48. The summed E-state index contributed by atoms with van der Waals surface area (Å²) in [7, 11) is 0. The first-order chi connectivity index (χ1) is 6.84. The molecule has 1 aliphatic carbocycles. The molecule has 1 amide bonds. The molecular formula is C9H12N4O. The third-order valence-corrected chi connectivity index (χ3v) is 1.92. The maximum atomic E-state index is 11.2. The Bertz CT molecular complexity index is 310. The Morgan fingerprint density at radius 1 is 1.43 bits per heavy atom. The summed E-state index contributed by atoms with van der Waals surface area (Å²) in [5.41, 5.74) is 0. The van der Waals surface area contributed by atoms with Crippen LogP contribution in [0.4, 0.5) is 5.95 Å². The van der Waals surface area contributed by atoms with Gasteiger partial charge in [0.05, 0.1) is 6.54 Å². The molecule has 2 N–H and O–H groups in total. The zero-order chi connectivity index (χ0) is 9.80. The van der Waals surface area contributed by atoms with Crippen molar-refractivity contribution in [2.75, 3.05) is 11.9 Å². The molecule has 0 radical (unpaired) electrons. The number of hydrogen-bond donors (Lipinski definition) is 2. The molecule has 74 valence electrons. The second-order valence-electron chi connectivity index (χ2n) is 3.27. The van der Waals surface area contributed by atoms with E-state index in [9.17, 15) is 4.79 Å². The third kappa shape index (κ3) is 2.69. The predicted molar refractivity (Wildman–Crippen MR) is 51.7 cm³/mol. The van der Waals surface area contributed by atoms with Crippen molar-refractivity contribution in [3.05, 3.63) is 18.5 Å². The van der Waals surface area contributed by atoms with E-state index < -0.39 is 0 Å². The van der Waals surface area contributed by atoms with E-state index in [1.54, 1.807) is 18.5 Å². The van der Waals surface area contributed by atoms with Crippen LogP contribution in [-0.2, 0) is 4.79 Å². The van der Waals surface area contributed by atoms with Gasteiger partial charge in [0, 0.05) is 18.4 Å². The molecule has 1 fully saturated rings. The largest absolute Gasteiger partial charge is 0.352 e. The monoisotopic (exact) mass is 192 g/mol. The molecule has 1 aromatic rings. The molecule has 0 atom stereocenters. The Hall–Kier alpha value is -1.65. The van der Waals surface area contributed by atoms with E-state index in [4.69, 9.17) is 0 Å². The maximum absolute atomic E-state index is 11.2. The number of carbonyl (C=O) groups excluding carboxylic acids is 1. The Kier molecular flexibility index (Phi) is 2.58. The molecule has 5 nitrogen and oxygen atoms in total. The highest BCUT2D eigenvalue weighted by atomic mass is 16.2. The zero-order valence-electron chi connectivity index (χ0n) is 7.73. The first-order valence-corrected chi connectivity index (χ1v) is 4.65. The normalized spacial score (nSPS) is 14.9. The van der Waals surface area contributed by atoms with Crippen LogP contribution in [-0.4, -0.2) is 28.5 Å². The topological polar surface area (TPSA) is 66.9 Å². The molecule has 0 saturated heterocycles. The highest BCUT2D eigenvalue weighted by Crippen LogP contribution is 2.18. The van der Waals surface area contributed by atoms with Crippen molar-refractivity contribution in [3.63, 3.8) is 0 Å². The third-order valence-electron chi connectivity index (χ3n) is 1.92. The van der Waals surface area contributed by atoms with Crippen LogP contribution in [0.5, 0.6) is 0 Å². The zero-order valence-corrected chi connectivity index (χ0v) is 7.73. The van der Waals surface area contributed by atoms with E-state index in [2.05, 4.69) is 20.6 Å². The first kappa shape index (κ1) is 8.93. The second-order valence-corrected chi connectivity index (χ2v) is 3.27. The Morgan fingerprint density at radius 2 is 2.14 bits per heavy atom. The highest BCUT2D eigenvalue weighted by molar-refractivity contribution is 5.80. The van der Waals surface area contributed by atoms with Gasteiger partial charge < -0.3 is 10.6 Å².